The molecule has 1 aromatic carbocycles. The van der Waals surface area contributed by atoms with E-state index in [1.54, 1.807) is 12.1 Å². The van der Waals surface area contributed by atoms with Crippen molar-refractivity contribution in [1.29, 1.82) is 0 Å². The molecule has 0 N–H and O–H groups in total. The third-order valence-corrected chi connectivity index (χ3v) is 2.22. The van der Waals surface area contributed by atoms with E-state index in [1.807, 2.05) is 20.8 Å². The molecule has 0 aliphatic carbocycles. The second-order valence-electron chi connectivity index (χ2n) is 4.19. The van der Waals surface area contributed by atoms with Gasteiger partial charge in [-0.3, -0.25) is 4.79 Å². The summed E-state index contributed by atoms with van der Waals surface area (Å²) in [7, 11) is 0. The van der Waals surface area contributed by atoms with Crippen LogP contribution in [-0.4, -0.2) is 5.24 Å². The van der Waals surface area contributed by atoms with Crippen molar-refractivity contribution >= 4 is 16.8 Å². The second-order valence-corrected chi connectivity index (χ2v) is 4.53. The fourth-order valence-electron chi connectivity index (χ4n) is 1.26. The molecule has 0 saturated heterocycles. The standard InChI is InChI=1S/C11H12ClFO/c1-11(2,3)8-6-4-5-7(9(8)13)10(12)14/h4-6H,1-3H3. The lowest BCUT2D eigenvalue weighted by atomic mass is 9.86. The van der Waals surface area contributed by atoms with Gasteiger partial charge in [-0.1, -0.05) is 32.9 Å². The van der Waals surface area contributed by atoms with Crippen molar-refractivity contribution in [2.24, 2.45) is 0 Å². The van der Waals surface area contributed by atoms with Crippen LogP contribution in [0.2, 0.25) is 0 Å². The van der Waals surface area contributed by atoms with Crippen LogP contribution in [-0.2, 0) is 5.41 Å². The number of hydrogen-bond donors (Lipinski definition) is 0. The van der Waals surface area contributed by atoms with Crippen molar-refractivity contribution in [2.75, 3.05) is 0 Å². The van der Waals surface area contributed by atoms with Crippen LogP contribution in [0.5, 0.6) is 0 Å². The van der Waals surface area contributed by atoms with Gasteiger partial charge < -0.3 is 0 Å². The highest BCUT2D eigenvalue weighted by atomic mass is 35.5. The van der Waals surface area contributed by atoms with Gasteiger partial charge in [0.05, 0.1) is 5.56 Å². The number of hydrogen-bond acceptors (Lipinski definition) is 1. The highest BCUT2D eigenvalue weighted by Crippen LogP contribution is 2.27. The predicted molar refractivity (Wildman–Crippen MR) is 55.3 cm³/mol. The monoisotopic (exact) mass is 214 g/mol. The first kappa shape index (κ1) is 11.2. The Labute approximate surface area is 87.9 Å². The minimum atomic E-state index is -0.756. The van der Waals surface area contributed by atoms with Crippen LogP contribution in [0.3, 0.4) is 0 Å². The summed E-state index contributed by atoms with van der Waals surface area (Å²) in [5.41, 5.74) is 0.120. The summed E-state index contributed by atoms with van der Waals surface area (Å²) in [4.78, 5) is 10.9. The molecule has 0 unspecified atom stereocenters. The van der Waals surface area contributed by atoms with Gasteiger partial charge in [-0.05, 0) is 28.6 Å². The molecular formula is C11H12ClFO. The molecule has 76 valence electrons. The predicted octanol–water partition coefficient (Wildman–Crippen LogP) is 3.50. The van der Waals surface area contributed by atoms with E-state index < -0.39 is 11.1 Å². The molecule has 0 bridgehead atoms. The first-order valence-electron chi connectivity index (χ1n) is 4.33. The maximum Gasteiger partial charge on any atom is 0.255 e. The molecule has 0 fully saturated rings. The average Bonchev–Trinajstić information content (AvgIpc) is 2.01. The van der Waals surface area contributed by atoms with E-state index in [1.165, 1.54) is 6.07 Å². The normalized spacial score (nSPS) is 11.5. The van der Waals surface area contributed by atoms with E-state index in [0.717, 1.165) is 0 Å². The van der Waals surface area contributed by atoms with Gasteiger partial charge in [0.2, 0.25) is 0 Å². The SMILES string of the molecule is CC(C)(C)c1cccc(C(=O)Cl)c1F. The molecule has 1 rings (SSSR count). The molecule has 14 heavy (non-hydrogen) atoms. The van der Waals surface area contributed by atoms with Crippen molar-refractivity contribution in [1.82, 2.24) is 0 Å². The number of benzene rings is 1. The largest absolute Gasteiger partial charge is 0.275 e. The Bertz CT molecular complexity index is 366. The molecule has 0 aliphatic rings. The van der Waals surface area contributed by atoms with Gasteiger partial charge in [-0.25, -0.2) is 4.39 Å². The van der Waals surface area contributed by atoms with Gasteiger partial charge in [0.1, 0.15) is 5.82 Å². The third kappa shape index (κ3) is 2.13. The van der Waals surface area contributed by atoms with Crippen LogP contribution in [0.4, 0.5) is 4.39 Å². The summed E-state index contributed by atoms with van der Waals surface area (Å²) < 4.78 is 13.7. The summed E-state index contributed by atoms with van der Waals surface area (Å²) in [6.45, 7) is 5.65. The van der Waals surface area contributed by atoms with E-state index in [0.29, 0.717) is 5.56 Å². The van der Waals surface area contributed by atoms with Crippen LogP contribution >= 0.6 is 11.6 Å². The first-order valence-corrected chi connectivity index (χ1v) is 4.70. The smallest absolute Gasteiger partial charge is 0.255 e. The Morgan fingerprint density at radius 3 is 2.36 bits per heavy atom. The summed E-state index contributed by atoms with van der Waals surface area (Å²) in [5.74, 6) is -0.514. The number of rotatable bonds is 1. The van der Waals surface area contributed by atoms with Crippen molar-refractivity contribution in [2.45, 2.75) is 26.2 Å². The van der Waals surface area contributed by atoms with E-state index in [9.17, 15) is 9.18 Å². The number of carbonyl (C=O) groups is 1. The molecule has 0 radical (unpaired) electrons. The number of carbonyl (C=O) groups excluding carboxylic acids is 1. The van der Waals surface area contributed by atoms with E-state index >= 15 is 0 Å². The molecular weight excluding hydrogens is 203 g/mol. The minimum absolute atomic E-state index is 0.0564. The fourth-order valence-corrected chi connectivity index (χ4v) is 1.41. The summed E-state index contributed by atoms with van der Waals surface area (Å²) in [5, 5.41) is -0.756. The van der Waals surface area contributed by atoms with Crippen LogP contribution < -0.4 is 0 Å². The Morgan fingerprint density at radius 1 is 1.36 bits per heavy atom. The summed E-state index contributed by atoms with van der Waals surface area (Å²) >= 11 is 5.25. The highest BCUT2D eigenvalue weighted by molar-refractivity contribution is 6.67. The zero-order valence-corrected chi connectivity index (χ0v) is 9.15. The maximum atomic E-state index is 13.7. The molecule has 1 aromatic rings. The van der Waals surface area contributed by atoms with Crippen molar-refractivity contribution in [3.8, 4) is 0 Å². The molecule has 3 heteroatoms. The quantitative estimate of drug-likeness (QED) is 0.654. The van der Waals surface area contributed by atoms with Crippen molar-refractivity contribution in [3.05, 3.63) is 35.1 Å². The van der Waals surface area contributed by atoms with Gasteiger partial charge in [0, 0.05) is 0 Å². The lowest BCUT2D eigenvalue weighted by Gasteiger charge is -2.20. The van der Waals surface area contributed by atoms with Crippen LogP contribution in [0.15, 0.2) is 18.2 Å². The highest BCUT2D eigenvalue weighted by Gasteiger charge is 2.21. The Kier molecular flexibility index (Phi) is 2.95. The van der Waals surface area contributed by atoms with Crippen LogP contribution in [0.1, 0.15) is 36.7 Å². The average molecular weight is 215 g/mol. The molecule has 0 spiro atoms. The Morgan fingerprint density at radius 2 is 1.93 bits per heavy atom. The molecule has 0 aliphatic heterocycles. The Balaban J connectivity index is 3.35. The molecule has 0 atom stereocenters. The molecule has 0 amide bonds. The van der Waals surface area contributed by atoms with Crippen molar-refractivity contribution in [3.63, 3.8) is 0 Å². The fraction of sp³-hybridized carbons (Fsp3) is 0.364. The topological polar surface area (TPSA) is 17.1 Å². The van der Waals surface area contributed by atoms with E-state index in [4.69, 9.17) is 11.6 Å². The lowest BCUT2D eigenvalue weighted by Crippen LogP contribution is -2.15. The lowest BCUT2D eigenvalue weighted by molar-refractivity contribution is 0.107. The summed E-state index contributed by atoms with van der Waals surface area (Å²) in [6, 6.07) is 4.69. The first-order chi connectivity index (χ1) is 6.34. The minimum Gasteiger partial charge on any atom is -0.275 e. The van der Waals surface area contributed by atoms with E-state index in [2.05, 4.69) is 0 Å². The van der Waals surface area contributed by atoms with E-state index in [-0.39, 0.29) is 11.0 Å². The van der Waals surface area contributed by atoms with Gasteiger partial charge >= 0.3 is 0 Å². The van der Waals surface area contributed by atoms with Crippen LogP contribution in [0.25, 0.3) is 0 Å². The molecule has 0 heterocycles. The molecule has 0 saturated carbocycles. The Hall–Kier alpha value is -0.890. The second kappa shape index (κ2) is 3.70. The van der Waals surface area contributed by atoms with Crippen LogP contribution in [0, 0.1) is 5.82 Å². The van der Waals surface area contributed by atoms with Gasteiger partial charge in [-0.15, -0.1) is 0 Å². The number of halogens is 2. The zero-order valence-electron chi connectivity index (χ0n) is 8.40. The summed E-state index contributed by atoms with van der Waals surface area (Å²) in [6.07, 6.45) is 0. The third-order valence-electron chi connectivity index (χ3n) is 2.02. The molecule has 0 aromatic heterocycles. The molecule has 1 nitrogen and oxygen atoms in total. The van der Waals surface area contributed by atoms with Gasteiger partial charge in [-0.2, -0.15) is 0 Å². The maximum absolute atomic E-state index is 13.7. The van der Waals surface area contributed by atoms with Gasteiger partial charge in [0.25, 0.3) is 5.24 Å². The zero-order chi connectivity index (χ0) is 10.9. The van der Waals surface area contributed by atoms with Crippen molar-refractivity contribution < 1.29 is 9.18 Å². The van der Waals surface area contributed by atoms with Gasteiger partial charge in [0.15, 0.2) is 0 Å².